The Labute approximate surface area is 147 Å². The maximum atomic E-state index is 12.6. The molecule has 2 heterocycles. The number of carbonyl (C=O) groups is 1. The van der Waals surface area contributed by atoms with Crippen molar-refractivity contribution in [2.75, 3.05) is 0 Å². The third-order valence-electron chi connectivity index (χ3n) is 4.85. The zero-order valence-corrected chi connectivity index (χ0v) is 15.2. The number of aryl methyl sites for hydroxylation is 2. The molecule has 0 saturated carbocycles. The fourth-order valence-corrected chi connectivity index (χ4v) is 3.06. The number of imidazole rings is 1. The summed E-state index contributed by atoms with van der Waals surface area (Å²) >= 11 is 0. The monoisotopic (exact) mass is 339 g/mol. The summed E-state index contributed by atoms with van der Waals surface area (Å²) in [7, 11) is 0. The van der Waals surface area contributed by atoms with Crippen molar-refractivity contribution in [2.45, 2.75) is 46.6 Å². The number of hydrogen-bond acceptors (Lipinski definition) is 3. The van der Waals surface area contributed by atoms with Gasteiger partial charge in [-0.15, -0.1) is 0 Å². The van der Waals surface area contributed by atoms with E-state index >= 15 is 0 Å². The number of aromatic nitrogens is 4. The van der Waals surface area contributed by atoms with Crippen molar-refractivity contribution < 1.29 is 4.79 Å². The lowest BCUT2D eigenvalue weighted by Gasteiger charge is -2.22. The summed E-state index contributed by atoms with van der Waals surface area (Å²) in [5.41, 5.74) is 4.68. The molecule has 0 unspecified atom stereocenters. The van der Waals surface area contributed by atoms with Crippen molar-refractivity contribution in [3.63, 3.8) is 0 Å². The molecule has 2 atom stereocenters. The Hall–Kier alpha value is -2.63. The summed E-state index contributed by atoms with van der Waals surface area (Å²) < 4.78 is 0. The fraction of sp³-hybridized carbons (Fsp3) is 0.421. The molecule has 25 heavy (non-hydrogen) atoms. The zero-order chi connectivity index (χ0) is 18.0. The molecule has 3 aromatic rings. The first-order valence-corrected chi connectivity index (χ1v) is 8.74. The summed E-state index contributed by atoms with van der Waals surface area (Å²) in [6.45, 7) is 8.11. The van der Waals surface area contributed by atoms with Crippen LogP contribution < -0.4 is 5.32 Å². The smallest absolute Gasteiger partial charge is 0.225 e. The minimum atomic E-state index is -0.141. The van der Waals surface area contributed by atoms with E-state index in [9.17, 15) is 4.79 Å². The van der Waals surface area contributed by atoms with Crippen LogP contribution in [-0.2, 0) is 11.2 Å². The second kappa shape index (κ2) is 7.09. The van der Waals surface area contributed by atoms with Gasteiger partial charge in [-0.2, -0.15) is 5.10 Å². The highest BCUT2D eigenvalue weighted by Gasteiger charge is 2.24. The van der Waals surface area contributed by atoms with Gasteiger partial charge in [-0.3, -0.25) is 9.89 Å². The lowest BCUT2D eigenvalue weighted by molar-refractivity contribution is -0.121. The molecule has 1 amide bonds. The van der Waals surface area contributed by atoms with Crippen molar-refractivity contribution in [3.05, 3.63) is 47.0 Å². The lowest BCUT2D eigenvalue weighted by atomic mass is 9.98. The normalized spacial score (nSPS) is 13.8. The first kappa shape index (κ1) is 17.2. The second-order valence-corrected chi connectivity index (χ2v) is 6.66. The Morgan fingerprint density at radius 1 is 1.28 bits per heavy atom. The molecule has 2 aromatic heterocycles. The summed E-state index contributed by atoms with van der Waals surface area (Å²) in [5, 5.41) is 10.3. The number of hydrogen-bond donors (Lipinski definition) is 3. The predicted octanol–water partition coefficient (Wildman–Crippen LogP) is 3.35. The van der Waals surface area contributed by atoms with Crippen molar-refractivity contribution in [1.82, 2.24) is 25.5 Å². The molecular formula is C19H25N5O. The van der Waals surface area contributed by atoms with Gasteiger partial charge in [0.2, 0.25) is 5.91 Å². The van der Waals surface area contributed by atoms with Gasteiger partial charge in [0.1, 0.15) is 5.82 Å². The van der Waals surface area contributed by atoms with Crippen LogP contribution in [0.4, 0.5) is 0 Å². The topological polar surface area (TPSA) is 86.5 Å². The van der Waals surface area contributed by atoms with Gasteiger partial charge in [-0.05, 0) is 31.9 Å². The lowest BCUT2D eigenvalue weighted by Crippen LogP contribution is -2.34. The van der Waals surface area contributed by atoms with Gasteiger partial charge in [0.05, 0.1) is 29.2 Å². The van der Waals surface area contributed by atoms with E-state index in [0.717, 1.165) is 40.2 Å². The summed E-state index contributed by atoms with van der Waals surface area (Å²) in [6, 6.07) is 7.78. The molecule has 132 valence electrons. The van der Waals surface area contributed by atoms with Gasteiger partial charge >= 0.3 is 0 Å². The van der Waals surface area contributed by atoms with Gasteiger partial charge in [0.15, 0.2) is 0 Å². The number of para-hydroxylation sites is 2. The van der Waals surface area contributed by atoms with Crippen LogP contribution in [0.5, 0.6) is 0 Å². The van der Waals surface area contributed by atoms with Crippen molar-refractivity contribution in [2.24, 2.45) is 5.92 Å². The average molecular weight is 339 g/mol. The number of benzene rings is 1. The van der Waals surface area contributed by atoms with Crippen LogP contribution in [0.2, 0.25) is 0 Å². The highest BCUT2D eigenvalue weighted by molar-refractivity contribution is 5.80. The largest absolute Gasteiger partial charge is 0.346 e. The average Bonchev–Trinajstić information content (AvgIpc) is 3.17. The highest BCUT2D eigenvalue weighted by atomic mass is 16.1. The van der Waals surface area contributed by atoms with E-state index in [1.54, 1.807) is 0 Å². The van der Waals surface area contributed by atoms with Gasteiger partial charge in [0.25, 0.3) is 0 Å². The number of H-pyrrole nitrogens is 2. The van der Waals surface area contributed by atoms with Crippen molar-refractivity contribution >= 4 is 16.9 Å². The van der Waals surface area contributed by atoms with Crippen molar-refractivity contribution in [1.29, 1.82) is 0 Å². The van der Waals surface area contributed by atoms with Crippen LogP contribution in [0, 0.1) is 19.8 Å². The van der Waals surface area contributed by atoms with Gasteiger partial charge < -0.3 is 10.3 Å². The zero-order valence-electron chi connectivity index (χ0n) is 15.2. The molecule has 0 aliphatic carbocycles. The molecule has 1 aromatic carbocycles. The van der Waals surface area contributed by atoms with Crippen molar-refractivity contribution in [3.8, 4) is 0 Å². The number of fused-ring (bicyclic) bond motifs is 1. The summed E-state index contributed by atoms with van der Waals surface area (Å²) in [4.78, 5) is 20.7. The third kappa shape index (κ3) is 3.57. The van der Waals surface area contributed by atoms with Gasteiger partial charge in [0, 0.05) is 11.3 Å². The first-order valence-electron chi connectivity index (χ1n) is 8.74. The summed E-state index contributed by atoms with van der Waals surface area (Å²) in [6.07, 6.45) is 1.27. The minimum Gasteiger partial charge on any atom is -0.346 e. The number of rotatable bonds is 6. The Kier molecular flexibility index (Phi) is 4.88. The van der Waals surface area contributed by atoms with Crippen LogP contribution >= 0.6 is 0 Å². The number of amides is 1. The maximum absolute atomic E-state index is 12.6. The first-order chi connectivity index (χ1) is 12.0. The molecule has 3 N–H and O–H groups in total. The number of nitrogens with one attached hydrogen (secondary N) is 3. The van der Waals surface area contributed by atoms with E-state index in [1.807, 2.05) is 38.1 Å². The van der Waals surface area contributed by atoms with E-state index in [-0.39, 0.29) is 17.9 Å². The van der Waals surface area contributed by atoms with Crippen LogP contribution in [0.1, 0.15) is 49.1 Å². The predicted molar refractivity (Wildman–Crippen MR) is 98.2 cm³/mol. The molecule has 3 rings (SSSR count). The van der Waals surface area contributed by atoms with E-state index in [2.05, 4.69) is 39.3 Å². The Morgan fingerprint density at radius 2 is 2.04 bits per heavy atom. The molecule has 6 heteroatoms. The number of aromatic amines is 2. The second-order valence-electron chi connectivity index (χ2n) is 6.66. The van der Waals surface area contributed by atoms with Crippen LogP contribution in [0.15, 0.2) is 24.3 Å². The molecular weight excluding hydrogens is 314 g/mol. The van der Waals surface area contributed by atoms with Crippen LogP contribution in [0.25, 0.3) is 11.0 Å². The standard InChI is InChI=1S/C19H25N5O/c1-5-11(2)18(19-20-15-8-6-7-9-16(15)21-19)22-17(25)10-14-12(3)23-24-13(14)4/h6-9,11,18H,5,10H2,1-4H3,(H,20,21)(H,22,25)(H,23,24)/t11-,18-/m1/s1. The minimum absolute atomic E-state index is 0.0154. The Bertz CT molecular complexity index is 826. The molecule has 0 saturated heterocycles. The van der Waals surface area contributed by atoms with E-state index in [0.29, 0.717) is 6.42 Å². The SMILES string of the molecule is CC[C@@H](C)[C@@H](NC(=O)Cc1c(C)n[nH]c1C)c1nc2ccccc2[nH]1. The molecule has 0 spiro atoms. The van der Waals surface area contributed by atoms with E-state index in [4.69, 9.17) is 0 Å². The molecule has 6 nitrogen and oxygen atoms in total. The van der Waals surface area contributed by atoms with Crippen LogP contribution in [-0.4, -0.2) is 26.1 Å². The maximum Gasteiger partial charge on any atom is 0.225 e. The summed E-state index contributed by atoms with van der Waals surface area (Å²) in [5.74, 6) is 1.07. The van der Waals surface area contributed by atoms with E-state index in [1.165, 1.54) is 0 Å². The van der Waals surface area contributed by atoms with Gasteiger partial charge in [-0.25, -0.2) is 4.98 Å². The molecule has 0 aliphatic heterocycles. The van der Waals surface area contributed by atoms with Gasteiger partial charge in [-0.1, -0.05) is 32.4 Å². The van der Waals surface area contributed by atoms with Crippen LogP contribution in [0.3, 0.4) is 0 Å². The molecule has 0 bridgehead atoms. The molecule has 0 aliphatic rings. The molecule has 0 fully saturated rings. The quantitative estimate of drug-likeness (QED) is 0.644. The highest BCUT2D eigenvalue weighted by Crippen LogP contribution is 2.25. The fourth-order valence-electron chi connectivity index (χ4n) is 3.06. The Balaban J connectivity index is 1.82. The molecule has 0 radical (unpaired) electrons. The number of carbonyl (C=O) groups excluding carboxylic acids is 1. The Morgan fingerprint density at radius 3 is 2.68 bits per heavy atom. The van der Waals surface area contributed by atoms with E-state index < -0.39 is 0 Å². The third-order valence-corrected chi connectivity index (χ3v) is 4.85. The number of nitrogens with zero attached hydrogens (tertiary/aromatic N) is 2.